The molecule has 0 aromatic rings. The van der Waals surface area contributed by atoms with Gasteiger partial charge in [0.25, 0.3) is 0 Å². The molecule has 0 amide bonds. The average molecular weight is 195 g/mol. The second-order valence-corrected chi connectivity index (χ2v) is 4.64. The van der Waals surface area contributed by atoms with Crippen LogP contribution < -0.4 is 5.32 Å². The second kappa shape index (κ2) is 4.45. The lowest BCUT2D eigenvalue weighted by atomic mass is 9.82. The summed E-state index contributed by atoms with van der Waals surface area (Å²) in [6.07, 6.45) is 12.3. The molecule has 0 saturated carbocycles. The first-order chi connectivity index (χ1) is 6.81. The molecule has 1 heterocycles. The molecule has 2 aliphatic rings. The fraction of sp³-hybridized carbons (Fsp3) is 0.833. The van der Waals surface area contributed by atoms with Crippen molar-refractivity contribution in [3.8, 4) is 0 Å². The Morgan fingerprint density at radius 1 is 1.21 bits per heavy atom. The molecule has 2 unspecified atom stereocenters. The molecule has 1 aliphatic heterocycles. The first-order valence-corrected chi connectivity index (χ1v) is 5.95. The van der Waals surface area contributed by atoms with Crippen LogP contribution in [0.5, 0.6) is 0 Å². The summed E-state index contributed by atoms with van der Waals surface area (Å²) in [4.78, 5) is 0. The van der Waals surface area contributed by atoms with Crippen LogP contribution in [0.1, 0.15) is 44.9 Å². The number of aliphatic hydroxyl groups is 1. The Hall–Kier alpha value is -0.340. The van der Waals surface area contributed by atoms with Crippen molar-refractivity contribution >= 4 is 0 Å². The third kappa shape index (κ3) is 2.18. The normalized spacial score (nSPS) is 39.4. The molecule has 0 spiro atoms. The molecule has 2 atom stereocenters. The lowest BCUT2D eigenvalue weighted by molar-refractivity contribution is 0.0325. The van der Waals surface area contributed by atoms with Gasteiger partial charge in [0.2, 0.25) is 0 Å². The van der Waals surface area contributed by atoms with E-state index in [0.717, 1.165) is 32.2 Å². The SMILES string of the molecule is OC1(C2CCCCCN2)C=CCCC1. The fourth-order valence-corrected chi connectivity index (χ4v) is 2.62. The molecule has 0 aromatic heterocycles. The van der Waals surface area contributed by atoms with E-state index < -0.39 is 5.60 Å². The van der Waals surface area contributed by atoms with Crippen molar-refractivity contribution in [1.82, 2.24) is 5.32 Å². The predicted molar refractivity (Wildman–Crippen MR) is 58.2 cm³/mol. The molecule has 1 saturated heterocycles. The van der Waals surface area contributed by atoms with Crippen LogP contribution in [0.3, 0.4) is 0 Å². The van der Waals surface area contributed by atoms with Gasteiger partial charge in [-0.05, 0) is 38.6 Å². The van der Waals surface area contributed by atoms with Crippen molar-refractivity contribution in [2.24, 2.45) is 0 Å². The van der Waals surface area contributed by atoms with Gasteiger partial charge in [0.1, 0.15) is 0 Å². The molecule has 1 aliphatic carbocycles. The smallest absolute Gasteiger partial charge is 0.0980 e. The first-order valence-electron chi connectivity index (χ1n) is 5.95. The highest BCUT2D eigenvalue weighted by molar-refractivity contribution is 5.10. The topological polar surface area (TPSA) is 32.3 Å². The van der Waals surface area contributed by atoms with E-state index in [1.54, 1.807) is 0 Å². The summed E-state index contributed by atoms with van der Waals surface area (Å²) < 4.78 is 0. The van der Waals surface area contributed by atoms with Gasteiger partial charge in [0.15, 0.2) is 0 Å². The van der Waals surface area contributed by atoms with Gasteiger partial charge in [0, 0.05) is 6.04 Å². The molecule has 2 rings (SSSR count). The summed E-state index contributed by atoms with van der Waals surface area (Å²) in [7, 11) is 0. The van der Waals surface area contributed by atoms with Gasteiger partial charge in [-0.15, -0.1) is 0 Å². The van der Waals surface area contributed by atoms with Crippen molar-refractivity contribution < 1.29 is 5.11 Å². The molecule has 2 heteroatoms. The van der Waals surface area contributed by atoms with Crippen molar-refractivity contribution in [1.29, 1.82) is 0 Å². The van der Waals surface area contributed by atoms with Crippen LogP contribution in [-0.2, 0) is 0 Å². The van der Waals surface area contributed by atoms with Crippen LogP contribution in [0.15, 0.2) is 12.2 Å². The highest BCUT2D eigenvalue weighted by atomic mass is 16.3. The summed E-state index contributed by atoms with van der Waals surface area (Å²) in [5.74, 6) is 0. The Bertz CT molecular complexity index is 206. The molecule has 0 aromatic carbocycles. The fourth-order valence-electron chi connectivity index (χ4n) is 2.62. The van der Waals surface area contributed by atoms with Crippen LogP contribution >= 0.6 is 0 Å². The molecule has 14 heavy (non-hydrogen) atoms. The molecule has 0 radical (unpaired) electrons. The summed E-state index contributed by atoms with van der Waals surface area (Å²) in [6, 6.07) is 0.293. The van der Waals surface area contributed by atoms with E-state index in [0.29, 0.717) is 6.04 Å². The Balaban J connectivity index is 2.03. The van der Waals surface area contributed by atoms with Gasteiger partial charge >= 0.3 is 0 Å². The number of nitrogens with one attached hydrogen (secondary N) is 1. The Kier molecular flexibility index (Phi) is 3.24. The van der Waals surface area contributed by atoms with Crippen molar-refractivity contribution in [3.05, 3.63) is 12.2 Å². The van der Waals surface area contributed by atoms with Crippen molar-refractivity contribution in [3.63, 3.8) is 0 Å². The predicted octanol–water partition coefficient (Wildman–Crippen LogP) is 1.99. The largest absolute Gasteiger partial charge is 0.384 e. The number of allylic oxidation sites excluding steroid dienone is 1. The van der Waals surface area contributed by atoms with Gasteiger partial charge < -0.3 is 10.4 Å². The summed E-state index contributed by atoms with van der Waals surface area (Å²) in [5, 5.41) is 14.0. The molecular formula is C12H21NO. The van der Waals surface area contributed by atoms with E-state index >= 15 is 0 Å². The minimum Gasteiger partial charge on any atom is -0.384 e. The monoisotopic (exact) mass is 195 g/mol. The van der Waals surface area contributed by atoms with Gasteiger partial charge in [-0.25, -0.2) is 0 Å². The van der Waals surface area contributed by atoms with E-state index in [2.05, 4.69) is 11.4 Å². The average Bonchev–Trinajstić information content (AvgIpc) is 2.47. The van der Waals surface area contributed by atoms with E-state index in [1.807, 2.05) is 6.08 Å². The number of rotatable bonds is 1. The highest BCUT2D eigenvalue weighted by Crippen LogP contribution is 2.29. The van der Waals surface area contributed by atoms with Crippen LogP contribution in [0.4, 0.5) is 0 Å². The van der Waals surface area contributed by atoms with Crippen molar-refractivity contribution in [2.45, 2.75) is 56.6 Å². The van der Waals surface area contributed by atoms with Crippen molar-refractivity contribution in [2.75, 3.05) is 6.54 Å². The zero-order valence-corrected chi connectivity index (χ0v) is 8.84. The lowest BCUT2D eigenvalue weighted by Gasteiger charge is -2.35. The Labute approximate surface area is 86.4 Å². The highest BCUT2D eigenvalue weighted by Gasteiger charge is 2.34. The third-order valence-electron chi connectivity index (χ3n) is 3.52. The molecule has 1 fully saturated rings. The summed E-state index contributed by atoms with van der Waals surface area (Å²) >= 11 is 0. The zero-order valence-electron chi connectivity index (χ0n) is 8.84. The van der Waals surface area contributed by atoms with Gasteiger partial charge in [0.05, 0.1) is 5.60 Å². The Morgan fingerprint density at radius 3 is 2.93 bits per heavy atom. The van der Waals surface area contributed by atoms with E-state index in [4.69, 9.17) is 0 Å². The maximum absolute atomic E-state index is 10.5. The number of hydrogen-bond acceptors (Lipinski definition) is 2. The van der Waals surface area contributed by atoms with E-state index in [1.165, 1.54) is 19.3 Å². The summed E-state index contributed by atoms with van der Waals surface area (Å²) in [6.45, 7) is 1.07. The molecule has 80 valence electrons. The maximum atomic E-state index is 10.5. The molecule has 0 bridgehead atoms. The molecule has 2 N–H and O–H groups in total. The van der Waals surface area contributed by atoms with Gasteiger partial charge in [-0.3, -0.25) is 0 Å². The third-order valence-corrected chi connectivity index (χ3v) is 3.52. The molecule has 2 nitrogen and oxygen atoms in total. The zero-order chi connectivity index (χ0) is 9.86. The second-order valence-electron chi connectivity index (χ2n) is 4.64. The minimum absolute atomic E-state index is 0.293. The van der Waals surface area contributed by atoms with Crippen LogP contribution in [0, 0.1) is 0 Å². The van der Waals surface area contributed by atoms with Crippen LogP contribution in [-0.4, -0.2) is 23.3 Å². The summed E-state index contributed by atoms with van der Waals surface area (Å²) in [5.41, 5.74) is -0.553. The molecular weight excluding hydrogens is 174 g/mol. The quantitative estimate of drug-likeness (QED) is 0.627. The van der Waals surface area contributed by atoms with E-state index in [-0.39, 0.29) is 0 Å². The number of hydrogen-bond donors (Lipinski definition) is 2. The standard InChI is InChI=1S/C12H21NO/c14-12(8-4-2-5-9-12)11-7-3-1-6-10-13-11/h4,8,11,13-14H,1-3,5-7,9-10H2. The minimum atomic E-state index is -0.553. The van der Waals surface area contributed by atoms with E-state index in [9.17, 15) is 5.11 Å². The van der Waals surface area contributed by atoms with Gasteiger partial charge in [-0.2, -0.15) is 0 Å². The lowest BCUT2D eigenvalue weighted by Crippen LogP contribution is -2.49. The Morgan fingerprint density at radius 2 is 2.14 bits per heavy atom. The van der Waals surface area contributed by atoms with Crippen LogP contribution in [0.25, 0.3) is 0 Å². The first kappa shape index (κ1) is 10.2. The van der Waals surface area contributed by atoms with Gasteiger partial charge in [-0.1, -0.05) is 25.0 Å². The van der Waals surface area contributed by atoms with Crippen LogP contribution in [0.2, 0.25) is 0 Å². The maximum Gasteiger partial charge on any atom is 0.0980 e.